The number of ether oxygens (including phenoxy) is 1. The van der Waals surface area contributed by atoms with E-state index in [0.717, 1.165) is 13.1 Å². The van der Waals surface area contributed by atoms with Crippen LogP contribution in [0, 0.1) is 5.92 Å². The van der Waals surface area contributed by atoms with Crippen LogP contribution in [0.4, 0.5) is 28.1 Å². The maximum atomic E-state index is 13.3. The Morgan fingerprint density at radius 1 is 1.21 bits per heavy atom. The van der Waals surface area contributed by atoms with Gasteiger partial charge in [0, 0.05) is 38.3 Å². The highest BCUT2D eigenvalue weighted by atomic mass is 19.1. The summed E-state index contributed by atoms with van der Waals surface area (Å²) in [5.74, 6) is 2.09. The maximum absolute atomic E-state index is 13.3. The molecule has 3 heterocycles. The van der Waals surface area contributed by atoms with Crippen LogP contribution in [0.5, 0.6) is 0 Å². The van der Waals surface area contributed by atoms with Gasteiger partial charge in [0.1, 0.15) is 5.83 Å². The first-order valence-electron chi connectivity index (χ1n) is 9.71. The standard InChI is InChI=1S/C19H25FN8O/c1-13(14-3-5-15(20)6-4-14)22-17-24-18(23-16-11-27(2)12-21-16)26-19(25-17)28-7-9-29-10-8-28/h3,5-6,11-14H,4,7-10H2,1-2H3,(H2,22,23,24,25,26)/t13-,14?/m0/s1. The summed E-state index contributed by atoms with van der Waals surface area (Å²) >= 11 is 0. The molecular formula is C19H25FN8O. The Kier molecular flexibility index (Phi) is 5.70. The average Bonchev–Trinajstić information content (AvgIpc) is 3.13. The molecule has 0 aromatic carbocycles. The lowest BCUT2D eigenvalue weighted by Gasteiger charge is -2.28. The van der Waals surface area contributed by atoms with E-state index in [2.05, 4.69) is 35.5 Å². The van der Waals surface area contributed by atoms with E-state index in [1.54, 1.807) is 12.4 Å². The minimum atomic E-state index is -0.190. The number of halogens is 1. The first-order chi connectivity index (χ1) is 14.1. The molecule has 1 fully saturated rings. The van der Waals surface area contributed by atoms with Crippen LogP contribution >= 0.6 is 0 Å². The summed E-state index contributed by atoms with van der Waals surface area (Å²) < 4.78 is 20.5. The lowest BCUT2D eigenvalue weighted by molar-refractivity contribution is 0.122. The number of nitrogens with zero attached hydrogens (tertiary/aromatic N) is 6. The monoisotopic (exact) mass is 400 g/mol. The number of morpholine rings is 1. The van der Waals surface area contributed by atoms with Gasteiger partial charge in [0.2, 0.25) is 17.8 Å². The zero-order valence-corrected chi connectivity index (χ0v) is 16.5. The van der Waals surface area contributed by atoms with Gasteiger partial charge >= 0.3 is 0 Å². The van der Waals surface area contributed by atoms with Gasteiger partial charge in [-0.3, -0.25) is 0 Å². The topological polar surface area (TPSA) is 93.0 Å². The molecule has 2 atom stereocenters. The van der Waals surface area contributed by atoms with Crippen molar-refractivity contribution >= 4 is 23.7 Å². The lowest BCUT2D eigenvalue weighted by Crippen LogP contribution is -2.37. The molecule has 2 aromatic heterocycles. The van der Waals surface area contributed by atoms with E-state index < -0.39 is 0 Å². The zero-order chi connectivity index (χ0) is 20.2. The Balaban J connectivity index is 1.55. The molecule has 1 unspecified atom stereocenters. The van der Waals surface area contributed by atoms with Crippen LogP contribution in [-0.2, 0) is 11.8 Å². The van der Waals surface area contributed by atoms with Crippen LogP contribution < -0.4 is 15.5 Å². The zero-order valence-electron chi connectivity index (χ0n) is 16.5. The van der Waals surface area contributed by atoms with Gasteiger partial charge in [-0.05, 0) is 25.5 Å². The molecule has 4 rings (SSSR count). The average molecular weight is 400 g/mol. The molecule has 2 aliphatic rings. The number of allylic oxidation sites excluding steroid dienone is 3. The number of nitrogens with one attached hydrogen (secondary N) is 2. The van der Waals surface area contributed by atoms with Crippen LogP contribution in [0.3, 0.4) is 0 Å². The highest BCUT2D eigenvalue weighted by Gasteiger charge is 2.20. The van der Waals surface area contributed by atoms with E-state index in [0.29, 0.717) is 43.3 Å². The van der Waals surface area contributed by atoms with Crippen LogP contribution in [0.25, 0.3) is 0 Å². The molecule has 1 saturated heterocycles. The Hall–Kier alpha value is -3.01. The van der Waals surface area contributed by atoms with Crippen molar-refractivity contribution < 1.29 is 9.13 Å². The largest absolute Gasteiger partial charge is 0.378 e. The summed E-state index contributed by atoms with van der Waals surface area (Å²) in [4.78, 5) is 20.0. The third kappa shape index (κ3) is 4.89. The molecule has 2 aromatic rings. The fraction of sp³-hybridized carbons (Fsp3) is 0.474. The van der Waals surface area contributed by atoms with Gasteiger partial charge in [-0.25, -0.2) is 9.37 Å². The highest BCUT2D eigenvalue weighted by Crippen LogP contribution is 2.23. The van der Waals surface area contributed by atoms with Gasteiger partial charge in [0.15, 0.2) is 5.82 Å². The number of hydrogen-bond acceptors (Lipinski definition) is 8. The molecule has 2 N–H and O–H groups in total. The summed E-state index contributed by atoms with van der Waals surface area (Å²) in [5, 5.41) is 6.49. The summed E-state index contributed by atoms with van der Waals surface area (Å²) in [7, 11) is 1.90. The molecule has 0 saturated carbocycles. The van der Waals surface area contributed by atoms with Crippen molar-refractivity contribution in [3.05, 3.63) is 36.6 Å². The third-order valence-corrected chi connectivity index (χ3v) is 4.95. The van der Waals surface area contributed by atoms with Crippen molar-refractivity contribution in [3.8, 4) is 0 Å². The van der Waals surface area contributed by atoms with Crippen LogP contribution in [-0.4, -0.2) is 56.8 Å². The number of imidazole rings is 1. The summed E-state index contributed by atoms with van der Waals surface area (Å²) in [5.41, 5.74) is 0. The molecule has 10 heteroatoms. The maximum Gasteiger partial charge on any atom is 0.235 e. The van der Waals surface area contributed by atoms with Crippen LogP contribution in [0.2, 0.25) is 0 Å². The van der Waals surface area contributed by atoms with Crippen molar-refractivity contribution in [1.29, 1.82) is 0 Å². The van der Waals surface area contributed by atoms with E-state index in [-0.39, 0.29) is 17.8 Å². The van der Waals surface area contributed by atoms with Crippen molar-refractivity contribution in [1.82, 2.24) is 24.5 Å². The Bertz CT molecular complexity index is 905. The smallest absolute Gasteiger partial charge is 0.235 e. The van der Waals surface area contributed by atoms with E-state index in [9.17, 15) is 4.39 Å². The fourth-order valence-electron chi connectivity index (χ4n) is 3.27. The number of anilines is 4. The van der Waals surface area contributed by atoms with Gasteiger partial charge in [0.25, 0.3) is 0 Å². The predicted octanol–water partition coefficient (Wildman–Crippen LogP) is 2.42. The summed E-state index contributed by atoms with van der Waals surface area (Å²) in [6.45, 7) is 4.75. The Labute approximate surface area is 168 Å². The SMILES string of the molecule is C[C@H](Nc1nc(Nc2cn(C)cn2)nc(N2CCOCC2)n1)C1C=CC(F)=CC1. The molecule has 1 aliphatic carbocycles. The Morgan fingerprint density at radius 3 is 2.69 bits per heavy atom. The lowest BCUT2D eigenvalue weighted by atomic mass is 9.93. The third-order valence-electron chi connectivity index (χ3n) is 4.95. The summed E-state index contributed by atoms with van der Waals surface area (Å²) in [6.07, 6.45) is 9.18. The number of hydrogen-bond donors (Lipinski definition) is 2. The molecule has 0 radical (unpaired) electrons. The molecule has 154 valence electrons. The minimum absolute atomic E-state index is 0.0261. The van der Waals surface area contributed by atoms with Crippen molar-refractivity contribution in [2.24, 2.45) is 13.0 Å². The number of aromatic nitrogens is 5. The molecule has 0 amide bonds. The van der Waals surface area contributed by atoms with E-state index in [1.165, 1.54) is 6.08 Å². The Morgan fingerprint density at radius 2 is 2.00 bits per heavy atom. The molecule has 0 spiro atoms. The van der Waals surface area contributed by atoms with E-state index >= 15 is 0 Å². The predicted molar refractivity (Wildman–Crippen MR) is 109 cm³/mol. The van der Waals surface area contributed by atoms with Crippen molar-refractivity contribution in [2.75, 3.05) is 41.8 Å². The first kappa shape index (κ1) is 19.3. The van der Waals surface area contributed by atoms with Crippen LogP contribution in [0.1, 0.15) is 13.3 Å². The molecule has 0 bridgehead atoms. The van der Waals surface area contributed by atoms with Gasteiger partial charge in [-0.1, -0.05) is 6.08 Å². The fourth-order valence-corrected chi connectivity index (χ4v) is 3.27. The number of aryl methyl sites for hydroxylation is 1. The van der Waals surface area contributed by atoms with Gasteiger partial charge in [0.05, 0.1) is 19.5 Å². The van der Waals surface area contributed by atoms with Gasteiger partial charge in [-0.15, -0.1) is 0 Å². The minimum Gasteiger partial charge on any atom is -0.378 e. The normalized spacial score (nSPS) is 20.3. The summed E-state index contributed by atoms with van der Waals surface area (Å²) in [6, 6.07) is 0.0261. The number of rotatable bonds is 6. The van der Waals surface area contributed by atoms with E-state index in [1.807, 2.05) is 30.8 Å². The molecule has 9 nitrogen and oxygen atoms in total. The van der Waals surface area contributed by atoms with E-state index in [4.69, 9.17) is 4.74 Å². The van der Waals surface area contributed by atoms with Gasteiger partial charge in [-0.2, -0.15) is 15.0 Å². The van der Waals surface area contributed by atoms with Crippen molar-refractivity contribution in [3.63, 3.8) is 0 Å². The molecule has 29 heavy (non-hydrogen) atoms. The second kappa shape index (κ2) is 8.56. The second-order valence-corrected chi connectivity index (χ2v) is 7.21. The molecule has 1 aliphatic heterocycles. The second-order valence-electron chi connectivity index (χ2n) is 7.21. The van der Waals surface area contributed by atoms with Crippen LogP contribution in [0.15, 0.2) is 36.6 Å². The highest BCUT2D eigenvalue weighted by molar-refractivity contribution is 5.51. The van der Waals surface area contributed by atoms with Gasteiger partial charge < -0.3 is 24.8 Å². The van der Waals surface area contributed by atoms with Crippen molar-refractivity contribution in [2.45, 2.75) is 19.4 Å². The quantitative estimate of drug-likeness (QED) is 0.764. The first-order valence-corrected chi connectivity index (χ1v) is 9.71. The molecular weight excluding hydrogens is 375 g/mol.